The zero-order valence-electron chi connectivity index (χ0n) is 11.6. The molecule has 2 rings (SSSR count). The average Bonchev–Trinajstić information content (AvgIpc) is 2.82. The molecule has 0 saturated heterocycles. The van der Waals surface area contributed by atoms with E-state index in [1.165, 1.54) is 24.4 Å². The molecule has 1 aliphatic carbocycles. The molecule has 1 aromatic rings. The summed E-state index contributed by atoms with van der Waals surface area (Å²) < 4.78 is 4.46. The maximum absolute atomic E-state index is 5.98. The molecular formula is C13H24N4S. The van der Waals surface area contributed by atoms with Crippen molar-refractivity contribution in [3.05, 3.63) is 5.82 Å². The summed E-state index contributed by atoms with van der Waals surface area (Å²) in [5.41, 5.74) is 5.98. The molecule has 5 heteroatoms. The van der Waals surface area contributed by atoms with E-state index in [0.717, 1.165) is 30.3 Å². The van der Waals surface area contributed by atoms with Crippen LogP contribution in [0.3, 0.4) is 0 Å². The molecule has 0 aliphatic heterocycles. The van der Waals surface area contributed by atoms with E-state index in [0.29, 0.717) is 18.0 Å². The fraction of sp³-hybridized carbons (Fsp3) is 0.846. The Balaban J connectivity index is 2.07. The third-order valence-electron chi connectivity index (χ3n) is 3.72. The van der Waals surface area contributed by atoms with E-state index in [4.69, 9.17) is 5.73 Å². The molecule has 0 amide bonds. The van der Waals surface area contributed by atoms with Gasteiger partial charge in [-0.1, -0.05) is 13.8 Å². The number of rotatable bonds is 4. The molecule has 0 spiro atoms. The van der Waals surface area contributed by atoms with Crippen LogP contribution in [0.2, 0.25) is 0 Å². The Bertz CT molecular complexity index is 369. The van der Waals surface area contributed by atoms with Crippen molar-refractivity contribution in [2.45, 2.75) is 64.5 Å². The topological polar surface area (TPSA) is 55.0 Å². The van der Waals surface area contributed by atoms with Gasteiger partial charge in [0.25, 0.3) is 0 Å². The van der Waals surface area contributed by atoms with Gasteiger partial charge in [-0.3, -0.25) is 0 Å². The Morgan fingerprint density at radius 3 is 2.50 bits per heavy atom. The minimum atomic E-state index is 0.403. The van der Waals surface area contributed by atoms with Gasteiger partial charge >= 0.3 is 0 Å². The van der Waals surface area contributed by atoms with Crippen molar-refractivity contribution < 1.29 is 0 Å². The van der Waals surface area contributed by atoms with Gasteiger partial charge in [-0.05, 0) is 32.6 Å². The number of nitrogens with zero attached hydrogens (tertiary/aromatic N) is 3. The van der Waals surface area contributed by atoms with Crippen molar-refractivity contribution in [2.24, 2.45) is 5.73 Å². The third-order valence-corrected chi connectivity index (χ3v) is 4.48. The molecule has 1 saturated carbocycles. The first-order valence-electron chi connectivity index (χ1n) is 6.97. The maximum atomic E-state index is 5.98. The standard InChI is InChI=1S/C13H24N4S/c1-4-17(11-7-5-10(14)6-8-11)13-15-12(9(2)3)16-18-13/h9-11H,4-8,14H2,1-3H3. The molecule has 0 unspecified atom stereocenters. The van der Waals surface area contributed by atoms with Crippen LogP contribution in [0.4, 0.5) is 5.13 Å². The lowest BCUT2D eigenvalue weighted by Crippen LogP contribution is -2.40. The van der Waals surface area contributed by atoms with E-state index in [1.54, 1.807) is 0 Å². The highest BCUT2D eigenvalue weighted by molar-refractivity contribution is 7.09. The molecule has 0 bridgehead atoms. The molecule has 0 aromatic carbocycles. The van der Waals surface area contributed by atoms with E-state index in [9.17, 15) is 0 Å². The summed E-state index contributed by atoms with van der Waals surface area (Å²) in [5, 5.41) is 1.08. The van der Waals surface area contributed by atoms with Crippen molar-refractivity contribution >= 4 is 16.7 Å². The summed E-state index contributed by atoms with van der Waals surface area (Å²) in [7, 11) is 0. The largest absolute Gasteiger partial charge is 0.344 e. The molecule has 2 N–H and O–H groups in total. The number of nitrogens with two attached hydrogens (primary N) is 1. The maximum Gasteiger partial charge on any atom is 0.205 e. The van der Waals surface area contributed by atoms with Crippen LogP contribution < -0.4 is 10.6 Å². The minimum Gasteiger partial charge on any atom is -0.344 e. The van der Waals surface area contributed by atoms with E-state index in [2.05, 4.69) is 35.0 Å². The van der Waals surface area contributed by atoms with Crippen molar-refractivity contribution in [3.63, 3.8) is 0 Å². The highest BCUT2D eigenvalue weighted by Crippen LogP contribution is 2.29. The van der Waals surface area contributed by atoms with Gasteiger partial charge in [-0.15, -0.1) is 0 Å². The predicted molar refractivity (Wildman–Crippen MR) is 77.2 cm³/mol. The van der Waals surface area contributed by atoms with Crippen molar-refractivity contribution in [1.82, 2.24) is 9.36 Å². The highest BCUT2D eigenvalue weighted by Gasteiger charge is 2.25. The second-order valence-electron chi connectivity index (χ2n) is 5.44. The lowest BCUT2D eigenvalue weighted by molar-refractivity contribution is 0.378. The predicted octanol–water partition coefficient (Wildman–Crippen LogP) is 2.76. The second kappa shape index (κ2) is 5.97. The molecular weight excluding hydrogens is 244 g/mol. The molecule has 1 heterocycles. The van der Waals surface area contributed by atoms with Crippen LogP contribution in [0, 0.1) is 0 Å². The SMILES string of the molecule is CCN(c1nc(C(C)C)ns1)C1CCC(N)CC1. The third kappa shape index (κ3) is 3.01. The first kappa shape index (κ1) is 13.7. The lowest BCUT2D eigenvalue weighted by Gasteiger charge is -2.35. The van der Waals surface area contributed by atoms with Gasteiger partial charge in [0, 0.05) is 36.1 Å². The van der Waals surface area contributed by atoms with Gasteiger partial charge in [0.15, 0.2) is 0 Å². The van der Waals surface area contributed by atoms with Crippen LogP contribution in [-0.4, -0.2) is 28.0 Å². The quantitative estimate of drug-likeness (QED) is 0.912. The van der Waals surface area contributed by atoms with Crippen molar-refractivity contribution in [2.75, 3.05) is 11.4 Å². The smallest absolute Gasteiger partial charge is 0.205 e. The molecule has 1 fully saturated rings. The average molecular weight is 268 g/mol. The fourth-order valence-corrected chi connectivity index (χ4v) is 3.48. The first-order chi connectivity index (χ1) is 8.61. The summed E-state index contributed by atoms with van der Waals surface area (Å²) in [6, 6.07) is 1.00. The van der Waals surface area contributed by atoms with E-state index in [-0.39, 0.29) is 0 Å². The van der Waals surface area contributed by atoms with Gasteiger partial charge in [0.2, 0.25) is 5.13 Å². The number of hydrogen-bond donors (Lipinski definition) is 1. The van der Waals surface area contributed by atoms with Crippen LogP contribution in [0.5, 0.6) is 0 Å². The summed E-state index contributed by atoms with van der Waals surface area (Å²) in [4.78, 5) is 7.09. The van der Waals surface area contributed by atoms with E-state index < -0.39 is 0 Å². The van der Waals surface area contributed by atoms with Crippen LogP contribution >= 0.6 is 11.5 Å². The zero-order valence-corrected chi connectivity index (χ0v) is 12.4. The summed E-state index contributed by atoms with van der Waals surface area (Å²) in [6.07, 6.45) is 4.64. The lowest BCUT2D eigenvalue weighted by atomic mass is 9.91. The Hall–Kier alpha value is -0.680. The monoisotopic (exact) mass is 268 g/mol. The normalized spacial score (nSPS) is 24.5. The first-order valence-corrected chi connectivity index (χ1v) is 7.75. The summed E-state index contributed by atoms with van der Waals surface area (Å²) in [5.74, 6) is 1.38. The Morgan fingerprint density at radius 1 is 1.33 bits per heavy atom. The highest BCUT2D eigenvalue weighted by atomic mass is 32.1. The molecule has 1 aromatic heterocycles. The Kier molecular flexibility index (Phi) is 4.56. The van der Waals surface area contributed by atoms with Crippen LogP contribution in [0.1, 0.15) is 58.2 Å². The number of anilines is 1. The Morgan fingerprint density at radius 2 is 2.00 bits per heavy atom. The minimum absolute atomic E-state index is 0.403. The molecule has 102 valence electrons. The van der Waals surface area contributed by atoms with Gasteiger partial charge < -0.3 is 10.6 Å². The van der Waals surface area contributed by atoms with E-state index in [1.807, 2.05) is 0 Å². The summed E-state index contributed by atoms with van der Waals surface area (Å²) in [6.45, 7) is 7.49. The Labute approximate surface area is 114 Å². The molecule has 1 aliphatic rings. The second-order valence-corrected chi connectivity index (χ2v) is 6.17. The fourth-order valence-electron chi connectivity index (χ4n) is 2.54. The van der Waals surface area contributed by atoms with E-state index >= 15 is 0 Å². The zero-order chi connectivity index (χ0) is 13.1. The number of aromatic nitrogens is 2. The van der Waals surface area contributed by atoms with Gasteiger partial charge in [-0.25, -0.2) is 4.98 Å². The molecule has 18 heavy (non-hydrogen) atoms. The van der Waals surface area contributed by atoms with Gasteiger partial charge in [-0.2, -0.15) is 4.37 Å². The van der Waals surface area contributed by atoms with Crippen LogP contribution in [-0.2, 0) is 0 Å². The van der Waals surface area contributed by atoms with Crippen LogP contribution in [0.15, 0.2) is 0 Å². The summed E-state index contributed by atoms with van der Waals surface area (Å²) >= 11 is 1.54. The van der Waals surface area contributed by atoms with Gasteiger partial charge in [0.05, 0.1) is 0 Å². The van der Waals surface area contributed by atoms with Crippen molar-refractivity contribution in [1.29, 1.82) is 0 Å². The van der Waals surface area contributed by atoms with Gasteiger partial charge in [0.1, 0.15) is 5.82 Å². The van der Waals surface area contributed by atoms with Crippen LogP contribution in [0.25, 0.3) is 0 Å². The molecule has 4 nitrogen and oxygen atoms in total. The molecule has 0 atom stereocenters. The number of hydrogen-bond acceptors (Lipinski definition) is 5. The molecule has 0 radical (unpaired) electrons. The van der Waals surface area contributed by atoms with Crippen molar-refractivity contribution in [3.8, 4) is 0 Å².